The van der Waals surface area contributed by atoms with Crippen molar-refractivity contribution >= 4 is 5.96 Å². The van der Waals surface area contributed by atoms with Crippen molar-refractivity contribution in [2.45, 2.75) is 13.1 Å². The lowest BCUT2D eigenvalue weighted by atomic mass is 10.1. The zero-order chi connectivity index (χ0) is 22.2. The first-order valence-electron chi connectivity index (χ1n) is 9.90. The van der Waals surface area contributed by atoms with Crippen molar-refractivity contribution in [3.05, 3.63) is 60.0 Å². The third kappa shape index (κ3) is 5.09. The van der Waals surface area contributed by atoms with Crippen LogP contribution in [0.2, 0.25) is 0 Å². The Bertz CT molecular complexity index is 1020. The zero-order valence-corrected chi connectivity index (χ0v) is 18.6. The van der Waals surface area contributed by atoms with Crippen LogP contribution < -0.4 is 19.5 Å². The maximum atomic E-state index is 5.56. The van der Waals surface area contributed by atoms with Gasteiger partial charge in [0.1, 0.15) is 5.82 Å². The third-order valence-corrected chi connectivity index (χ3v) is 4.90. The standard InChI is InChI=1S/C23H29N5O3/c1-24-23(26-13-17-11-12-19(29-3)22(31-5)21(17)30-4)28(2)15-20-25-14-18(27-20)16-9-7-6-8-10-16/h6-12,14H,13,15H2,1-5H3,(H,24,26)(H,25,27). The minimum atomic E-state index is 0.508. The lowest BCUT2D eigenvalue weighted by Gasteiger charge is -2.22. The number of benzene rings is 2. The molecule has 0 saturated carbocycles. The lowest BCUT2D eigenvalue weighted by Crippen LogP contribution is -2.38. The summed E-state index contributed by atoms with van der Waals surface area (Å²) in [7, 11) is 8.53. The second-order valence-electron chi connectivity index (χ2n) is 6.86. The number of guanidine groups is 1. The lowest BCUT2D eigenvalue weighted by molar-refractivity contribution is 0.322. The Hall–Kier alpha value is -3.68. The van der Waals surface area contributed by atoms with Crippen molar-refractivity contribution < 1.29 is 14.2 Å². The molecule has 31 heavy (non-hydrogen) atoms. The summed E-state index contributed by atoms with van der Waals surface area (Å²) < 4.78 is 16.4. The fourth-order valence-corrected chi connectivity index (χ4v) is 3.37. The van der Waals surface area contributed by atoms with Gasteiger partial charge in [-0.15, -0.1) is 0 Å². The van der Waals surface area contributed by atoms with E-state index in [4.69, 9.17) is 14.2 Å². The number of ether oxygens (including phenoxy) is 3. The molecular weight excluding hydrogens is 394 g/mol. The molecule has 1 aromatic heterocycles. The van der Waals surface area contributed by atoms with E-state index >= 15 is 0 Å². The molecule has 8 nitrogen and oxygen atoms in total. The second kappa shape index (κ2) is 10.4. The van der Waals surface area contributed by atoms with Gasteiger partial charge in [0.2, 0.25) is 5.75 Å². The molecule has 0 radical (unpaired) electrons. The molecule has 0 amide bonds. The monoisotopic (exact) mass is 423 g/mol. The van der Waals surface area contributed by atoms with E-state index in [9.17, 15) is 0 Å². The predicted molar refractivity (Wildman–Crippen MR) is 122 cm³/mol. The summed E-state index contributed by atoms with van der Waals surface area (Å²) in [6.07, 6.45) is 1.85. The van der Waals surface area contributed by atoms with Crippen molar-refractivity contribution in [1.29, 1.82) is 0 Å². The maximum Gasteiger partial charge on any atom is 0.203 e. The molecule has 0 aliphatic carbocycles. The molecule has 0 atom stereocenters. The Morgan fingerprint density at radius 1 is 1.03 bits per heavy atom. The van der Waals surface area contributed by atoms with Gasteiger partial charge >= 0.3 is 0 Å². The first kappa shape index (κ1) is 22.0. The third-order valence-electron chi connectivity index (χ3n) is 4.90. The molecule has 0 saturated heterocycles. The van der Waals surface area contributed by atoms with Crippen molar-refractivity contribution in [2.24, 2.45) is 4.99 Å². The van der Waals surface area contributed by atoms with Gasteiger partial charge < -0.3 is 29.4 Å². The van der Waals surface area contributed by atoms with E-state index in [0.717, 1.165) is 28.6 Å². The average molecular weight is 424 g/mol. The Morgan fingerprint density at radius 2 is 1.77 bits per heavy atom. The highest BCUT2D eigenvalue weighted by Gasteiger charge is 2.17. The van der Waals surface area contributed by atoms with Crippen LogP contribution in [-0.2, 0) is 13.1 Å². The summed E-state index contributed by atoms with van der Waals surface area (Å²) in [4.78, 5) is 14.3. The molecule has 0 bridgehead atoms. The number of nitrogens with zero attached hydrogens (tertiary/aromatic N) is 3. The molecule has 2 N–H and O–H groups in total. The van der Waals surface area contributed by atoms with Gasteiger partial charge in [-0.25, -0.2) is 4.98 Å². The number of H-pyrrole nitrogens is 1. The molecule has 3 aromatic rings. The number of nitrogens with one attached hydrogen (secondary N) is 2. The van der Waals surface area contributed by atoms with Crippen LogP contribution in [0.25, 0.3) is 11.3 Å². The molecule has 0 aliphatic heterocycles. The number of aromatic nitrogens is 2. The first-order chi connectivity index (χ1) is 15.1. The van der Waals surface area contributed by atoms with Crippen LogP contribution in [-0.4, -0.2) is 56.3 Å². The molecule has 0 aliphatic rings. The number of hydrogen-bond donors (Lipinski definition) is 2. The zero-order valence-electron chi connectivity index (χ0n) is 18.6. The van der Waals surface area contributed by atoms with Crippen LogP contribution in [0.5, 0.6) is 17.2 Å². The van der Waals surface area contributed by atoms with E-state index in [1.54, 1.807) is 28.4 Å². The summed E-state index contributed by atoms with van der Waals surface area (Å²) >= 11 is 0. The van der Waals surface area contributed by atoms with Crippen LogP contribution >= 0.6 is 0 Å². The molecular formula is C23H29N5O3. The van der Waals surface area contributed by atoms with E-state index < -0.39 is 0 Å². The minimum Gasteiger partial charge on any atom is -0.493 e. The van der Waals surface area contributed by atoms with Gasteiger partial charge in [-0.3, -0.25) is 4.99 Å². The number of methoxy groups -OCH3 is 3. The quantitative estimate of drug-likeness (QED) is 0.427. The fourth-order valence-electron chi connectivity index (χ4n) is 3.37. The van der Waals surface area contributed by atoms with Gasteiger partial charge in [-0.2, -0.15) is 0 Å². The average Bonchev–Trinajstić information content (AvgIpc) is 3.27. The van der Waals surface area contributed by atoms with Crippen LogP contribution in [0, 0.1) is 0 Å². The van der Waals surface area contributed by atoms with E-state index in [2.05, 4.69) is 32.4 Å². The Morgan fingerprint density at radius 3 is 2.42 bits per heavy atom. The van der Waals surface area contributed by atoms with Gasteiger partial charge in [0, 0.05) is 26.2 Å². The van der Waals surface area contributed by atoms with Gasteiger partial charge in [-0.05, 0) is 17.7 Å². The van der Waals surface area contributed by atoms with Gasteiger partial charge in [0.05, 0.1) is 39.8 Å². The molecule has 0 spiro atoms. The molecule has 0 fully saturated rings. The summed E-state index contributed by atoms with van der Waals surface area (Å²) in [6, 6.07) is 13.9. The van der Waals surface area contributed by atoms with Gasteiger partial charge in [0.25, 0.3) is 0 Å². The van der Waals surface area contributed by atoms with Crippen LogP contribution in [0.4, 0.5) is 0 Å². The molecule has 3 rings (SSSR count). The Kier molecular flexibility index (Phi) is 7.37. The molecule has 1 heterocycles. The number of hydrogen-bond acceptors (Lipinski definition) is 5. The SMILES string of the molecule is CN=C(NCc1ccc(OC)c(OC)c1OC)N(C)Cc1ncc(-c2ccccc2)[nH]1. The normalized spacial score (nSPS) is 11.2. The highest BCUT2D eigenvalue weighted by molar-refractivity contribution is 5.79. The fraction of sp³-hybridized carbons (Fsp3) is 0.304. The van der Waals surface area contributed by atoms with Crippen molar-refractivity contribution in [3.63, 3.8) is 0 Å². The minimum absolute atomic E-state index is 0.508. The van der Waals surface area contributed by atoms with Gasteiger partial charge in [-0.1, -0.05) is 30.3 Å². The van der Waals surface area contributed by atoms with Crippen LogP contribution in [0.3, 0.4) is 0 Å². The van der Waals surface area contributed by atoms with Crippen molar-refractivity contribution in [3.8, 4) is 28.5 Å². The smallest absolute Gasteiger partial charge is 0.203 e. The Balaban J connectivity index is 1.68. The highest BCUT2D eigenvalue weighted by Crippen LogP contribution is 2.39. The summed E-state index contributed by atoms with van der Waals surface area (Å²) in [5, 5.41) is 3.37. The van der Waals surface area contributed by atoms with E-state index in [0.29, 0.717) is 30.3 Å². The molecule has 0 unspecified atom stereocenters. The number of imidazole rings is 1. The highest BCUT2D eigenvalue weighted by atomic mass is 16.5. The number of aromatic amines is 1. The number of rotatable bonds is 8. The predicted octanol–water partition coefficient (Wildman–Crippen LogP) is 3.31. The maximum absolute atomic E-state index is 5.56. The largest absolute Gasteiger partial charge is 0.493 e. The Labute approximate surface area is 182 Å². The summed E-state index contributed by atoms with van der Waals surface area (Å²) in [5.74, 6) is 3.40. The van der Waals surface area contributed by atoms with Crippen LogP contribution in [0.1, 0.15) is 11.4 Å². The molecule has 2 aromatic carbocycles. The second-order valence-corrected chi connectivity index (χ2v) is 6.86. The van der Waals surface area contributed by atoms with Crippen molar-refractivity contribution in [1.82, 2.24) is 20.2 Å². The summed E-state index contributed by atoms with van der Waals surface area (Å²) in [5.41, 5.74) is 3.02. The molecule has 164 valence electrons. The number of aliphatic imine (C=N–C) groups is 1. The van der Waals surface area contributed by atoms with E-state index in [1.807, 2.05) is 48.5 Å². The molecule has 8 heteroatoms. The summed E-state index contributed by atoms with van der Waals surface area (Å²) in [6.45, 7) is 1.09. The van der Waals surface area contributed by atoms with E-state index in [-0.39, 0.29) is 0 Å². The van der Waals surface area contributed by atoms with Crippen molar-refractivity contribution in [2.75, 3.05) is 35.4 Å². The first-order valence-corrected chi connectivity index (χ1v) is 9.90. The topological polar surface area (TPSA) is 84.0 Å². The van der Waals surface area contributed by atoms with Crippen LogP contribution in [0.15, 0.2) is 53.7 Å². The van der Waals surface area contributed by atoms with Gasteiger partial charge in [0.15, 0.2) is 17.5 Å². The van der Waals surface area contributed by atoms with E-state index in [1.165, 1.54) is 0 Å².